The summed E-state index contributed by atoms with van der Waals surface area (Å²) in [6, 6.07) is 27.5. The number of aryl methyl sites for hydroxylation is 1. The first kappa shape index (κ1) is 23.6. The molecular formula is C27H30N2O2S. The number of carbonyl (C=O) groups is 2. The highest BCUT2D eigenvalue weighted by Crippen LogP contribution is 2.21. The summed E-state index contributed by atoms with van der Waals surface area (Å²) in [7, 11) is 1.63. The molecular weight excluding hydrogens is 416 g/mol. The topological polar surface area (TPSA) is 49.4 Å². The summed E-state index contributed by atoms with van der Waals surface area (Å²) in [5.41, 5.74) is 3.21. The van der Waals surface area contributed by atoms with E-state index in [2.05, 4.69) is 5.32 Å². The molecule has 0 spiro atoms. The fourth-order valence-corrected chi connectivity index (χ4v) is 4.39. The average Bonchev–Trinajstić information content (AvgIpc) is 2.83. The van der Waals surface area contributed by atoms with Gasteiger partial charge >= 0.3 is 0 Å². The largest absolute Gasteiger partial charge is 0.357 e. The van der Waals surface area contributed by atoms with Gasteiger partial charge in [0.1, 0.15) is 6.04 Å². The van der Waals surface area contributed by atoms with Crippen molar-refractivity contribution in [3.8, 4) is 0 Å². The Labute approximate surface area is 195 Å². The van der Waals surface area contributed by atoms with Crippen LogP contribution in [0.25, 0.3) is 0 Å². The Morgan fingerprint density at radius 3 is 2.12 bits per heavy atom. The van der Waals surface area contributed by atoms with E-state index in [0.29, 0.717) is 25.1 Å². The van der Waals surface area contributed by atoms with E-state index in [1.807, 2.05) is 91.9 Å². The van der Waals surface area contributed by atoms with Gasteiger partial charge < -0.3 is 10.2 Å². The van der Waals surface area contributed by atoms with Crippen molar-refractivity contribution in [2.24, 2.45) is 0 Å². The highest BCUT2D eigenvalue weighted by molar-refractivity contribution is 7.99. The number of benzene rings is 3. The molecule has 3 rings (SSSR count). The normalized spacial score (nSPS) is 11.6. The van der Waals surface area contributed by atoms with Crippen LogP contribution in [-0.4, -0.2) is 35.6 Å². The molecule has 166 valence electrons. The van der Waals surface area contributed by atoms with Crippen molar-refractivity contribution >= 4 is 23.6 Å². The molecule has 0 saturated carbocycles. The first-order valence-electron chi connectivity index (χ1n) is 10.8. The molecule has 0 radical (unpaired) electrons. The molecule has 3 aromatic rings. The molecule has 0 saturated heterocycles. The lowest BCUT2D eigenvalue weighted by Gasteiger charge is -2.31. The summed E-state index contributed by atoms with van der Waals surface area (Å²) in [5.74, 6) is 0.502. The molecule has 4 nitrogen and oxygen atoms in total. The lowest BCUT2D eigenvalue weighted by Crippen LogP contribution is -2.49. The number of amides is 2. The highest BCUT2D eigenvalue weighted by Gasteiger charge is 2.29. The van der Waals surface area contributed by atoms with Crippen LogP contribution in [0, 0.1) is 6.92 Å². The van der Waals surface area contributed by atoms with Gasteiger partial charge in [-0.3, -0.25) is 9.59 Å². The van der Waals surface area contributed by atoms with Gasteiger partial charge in [-0.2, -0.15) is 0 Å². The van der Waals surface area contributed by atoms with Crippen molar-refractivity contribution < 1.29 is 9.59 Å². The van der Waals surface area contributed by atoms with Gasteiger partial charge in [0.2, 0.25) is 11.8 Å². The van der Waals surface area contributed by atoms with E-state index in [1.165, 1.54) is 0 Å². The molecule has 0 aromatic heterocycles. The van der Waals surface area contributed by atoms with Crippen LogP contribution in [0.4, 0.5) is 0 Å². The van der Waals surface area contributed by atoms with Crippen molar-refractivity contribution in [1.82, 2.24) is 10.2 Å². The third-order valence-corrected chi connectivity index (χ3v) is 6.33. The predicted octanol–water partition coefficient (Wildman–Crippen LogP) is 4.86. The zero-order chi connectivity index (χ0) is 22.8. The maximum absolute atomic E-state index is 13.4. The van der Waals surface area contributed by atoms with E-state index in [0.717, 1.165) is 21.6 Å². The monoisotopic (exact) mass is 446 g/mol. The summed E-state index contributed by atoms with van der Waals surface area (Å²) in [4.78, 5) is 29.2. The number of rotatable bonds is 10. The maximum atomic E-state index is 13.4. The van der Waals surface area contributed by atoms with Gasteiger partial charge in [0.25, 0.3) is 0 Å². The summed E-state index contributed by atoms with van der Waals surface area (Å²) in [5, 5.41) is 2.76. The van der Waals surface area contributed by atoms with Gasteiger partial charge in [-0.1, -0.05) is 78.4 Å². The number of hydrogen-bond donors (Lipinski definition) is 1. The van der Waals surface area contributed by atoms with Crippen LogP contribution in [0.2, 0.25) is 0 Å². The average molecular weight is 447 g/mol. The Balaban J connectivity index is 1.80. The summed E-state index contributed by atoms with van der Waals surface area (Å²) in [6.07, 6.45) is 0.845. The third kappa shape index (κ3) is 6.99. The Morgan fingerprint density at radius 1 is 0.875 bits per heavy atom. The number of nitrogens with one attached hydrogen (secondary N) is 1. The molecule has 0 aliphatic heterocycles. The van der Waals surface area contributed by atoms with E-state index in [-0.39, 0.29) is 11.8 Å². The molecule has 1 N–H and O–H groups in total. The summed E-state index contributed by atoms with van der Waals surface area (Å²) < 4.78 is 0. The van der Waals surface area contributed by atoms with Crippen molar-refractivity contribution in [3.05, 3.63) is 102 Å². The van der Waals surface area contributed by atoms with Gasteiger partial charge in [0, 0.05) is 37.1 Å². The van der Waals surface area contributed by atoms with Crippen LogP contribution in [-0.2, 0) is 22.6 Å². The Hall–Kier alpha value is -3.05. The zero-order valence-electron chi connectivity index (χ0n) is 18.7. The molecule has 0 fully saturated rings. The number of likely N-dealkylation sites (N-methyl/N-ethyl adjacent to an activating group) is 1. The lowest BCUT2D eigenvalue weighted by molar-refractivity contribution is -0.140. The molecule has 0 bridgehead atoms. The van der Waals surface area contributed by atoms with Crippen LogP contribution < -0.4 is 5.32 Å². The highest BCUT2D eigenvalue weighted by atomic mass is 32.2. The number of hydrogen-bond acceptors (Lipinski definition) is 3. The molecule has 5 heteroatoms. The van der Waals surface area contributed by atoms with Crippen LogP contribution in [0.3, 0.4) is 0 Å². The number of carbonyl (C=O) groups excluding carboxylic acids is 2. The molecule has 0 heterocycles. The predicted molar refractivity (Wildman–Crippen MR) is 132 cm³/mol. The van der Waals surface area contributed by atoms with E-state index < -0.39 is 6.04 Å². The minimum atomic E-state index is -0.571. The number of nitrogens with zero attached hydrogens (tertiary/aromatic N) is 1. The molecule has 0 unspecified atom stereocenters. The standard InChI is InChI=1S/C27H30N2O2S/c1-21-13-15-23(16-14-21)20-29(26(30)17-18-32-24-11-7-4-8-12-24)25(27(31)28-2)19-22-9-5-3-6-10-22/h3-16,25H,17-20H2,1-2H3,(H,28,31)/t25-/m1/s1. The van der Waals surface area contributed by atoms with Crippen LogP contribution in [0.5, 0.6) is 0 Å². The van der Waals surface area contributed by atoms with Crippen molar-refractivity contribution in [2.45, 2.75) is 37.2 Å². The van der Waals surface area contributed by atoms with E-state index in [9.17, 15) is 9.59 Å². The Bertz CT molecular complexity index is 991. The maximum Gasteiger partial charge on any atom is 0.242 e. The van der Waals surface area contributed by atoms with Crippen molar-refractivity contribution in [3.63, 3.8) is 0 Å². The molecule has 2 amide bonds. The quantitative estimate of drug-likeness (QED) is 0.452. The van der Waals surface area contributed by atoms with Crippen LogP contribution in [0.15, 0.2) is 89.8 Å². The van der Waals surface area contributed by atoms with Gasteiger partial charge in [-0.05, 0) is 30.2 Å². The van der Waals surface area contributed by atoms with Crippen LogP contribution >= 0.6 is 11.8 Å². The molecule has 32 heavy (non-hydrogen) atoms. The van der Waals surface area contributed by atoms with E-state index in [1.54, 1.807) is 23.7 Å². The summed E-state index contributed by atoms with van der Waals surface area (Å²) >= 11 is 1.66. The van der Waals surface area contributed by atoms with Crippen molar-refractivity contribution in [2.75, 3.05) is 12.8 Å². The van der Waals surface area contributed by atoms with E-state index >= 15 is 0 Å². The third-order valence-electron chi connectivity index (χ3n) is 5.32. The minimum absolute atomic E-state index is 0.0152. The van der Waals surface area contributed by atoms with Gasteiger partial charge in [-0.25, -0.2) is 0 Å². The lowest BCUT2D eigenvalue weighted by atomic mass is 10.0. The minimum Gasteiger partial charge on any atom is -0.357 e. The SMILES string of the molecule is CNC(=O)[C@@H](Cc1ccccc1)N(Cc1ccc(C)cc1)C(=O)CCSc1ccccc1. The fraction of sp³-hybridized carbons (Fsp3) is 0.259. The van der Waals surface area contributed by atoms with E-state index in [4.69, 9.17) is 0 Å². The summed E-state index contributed by atoms with van der Waals surface area (Å²) in [6.45, 7) is 2.44. The number of thioether (sulfide) groups is 1. The second-order valence-corrected chi connectivity index (χ2v) is 8.91. The van der Waals surface area contributed by atoms with Crippen LogP contribution in [0.1, 0.15) is 23.1 Å². The van der Waals surface area contributed by atoms with Gasteiger partial charge in [0.15, 0.2) is 0 Å². The first-order chi connectivity index (χ1) is 15.6. The van der Waals surface area contributed by atoms with Gasteiger partial charge in [-0.15, -0.1) is 11.8 Å². The van der Waals surface area contributed by atoms with Crippen molar-refractivity contribution in [1.29, 1.82) is 0 Å². The Morgan fingerprint density at radius 2 is 1.50 bits per heavy atom. The molecule has 0 aliphatic carbocycles. The Kier molecular flexibility index (Phi) is 8.93. The van der Waals surface area contributed by atoms with Gasteiger partial charge in [0.05, 0.1) is 0 Å². The fourth-order valence-electron chi connectivity index (χ4n) is 3.53. The second kappa shape index (κ2) is 12.1. The second-order valence-electron chi connectivity index (χ2n) is 7.74. The molecule has 0 aliphatic rings. The zero-order valence-corrected chi connectivity index (χ0v) is 19.5. The molecule has 1 atom stereocenters. The molecule has 3 aromatic carbocycles. The first-order valence-corrected chi connectivity index (χ1v) is 11.8. The smallest absolute Gasteiger partial charge is 0.242 e.